The molecule has 0 saturated carbocycles. The summed E-state index contributed by atoms with van der Waals surface area (Å²) >= 11 is 0. The molecule has 0 aliphatic rings. The van der Waals surface area contributed by atoms with Gasteiger partial charge < -0.3 is 15.2 Å². The molecule has 1 amide bonds. The van der Waals surface area contributed by atoms with E-state index in [4.69, 9.17) is 20.5 Å². The van der Waals surface area contributed by atoms with E-state index in [1.165, 1.54) is 13.2 Å². The Morgan fingerprint density at radius 2 is 2.03 bits per heavy atom. The summed E-state index contributed by atoms with van der Waals surface area (Å²) in [6.07, 6.45) is 3.13. The molecule has 2 N–H and O–H groups in total. The van der Waals surface area contributed by atoms with Crippen molar-refractivity contribution in [2.75, 3.05) is 13.7 Å². The van der Waals surface area contributed by atoms with Crippen LogP contribution in [0, 0.1) is 11.3 Å². The minimum Gasteiger partial charge on any atom is -0.496 e. The van der Waals surface area contributed by atoms with Gasteiger partial charge in [0.05, 0.1) is 31.0 Å². The van der Waals surface area contributed by atoms with Crippen LogP contribution in [0.15, 0.2) is 58.3 Å². The van der Waals surface area contributed by atoms with E-state index in [1.807, 2.05) is 27.7 Å². The van der Waals surface area contributed by atoms with Crippen molar-refractivity contribution in [1.82, 2.24) is 0 Å². The lowest BCUT2D eigenvalue weighted by Crippen LogP contribution is -2.11. The van der Waals surface area contributed by atoms with Crippen LogP contribution in [0.25, 0.3) is 5.57 Å². The Bertz CT molecular complexity index is 959. The second-order valence-corrected chi connectivity index (χ2v) is 6.55. The lowest BCUT2D eigenvalue weighted by atomic mass is 9.99. The highest BCUT2D eigenvalue weighted by molar-refractivity contribution is 6.00. The number of carbonyl (C=O) groups is 1. The van der Waals surface area contributed by atoms with E-state index in [0.717, 1.165) is 11.3 Å². The van der Waals surface area contributed by atoms with Gasteiger partial charge in [-0.15, -0.1) is 0 Å². The smallest absolute Gasteiger partial charge is 0.241 e. The highest BCUT2D eigenvalue weighted by Crippen LogP contribution is 2.30. The fourth-order valence-corrected chi connectivity index (χ4v) is 2.49. The molecule has 1 rings (SSSR count). The third kappa shape index (κ3) is 7.76. The molecule has 0 aliphatic heterocycles. The molecular formula is C23H28N4O3. The van der Waals surface area contributed by atoms with Gasteiger partial charge in [-0.3, -0.25) is 9.79 Å². The van der Waals surface area contributed by atoms with Crippen LogP contribution in [0.3, 0.4) is 0 Å². The maximum Gasteiger partial charge on any atom is 0.241 e. The van der Waals surface area contributed by atoms with Gasteiger partial charge in [0.2, 0.25) is 5.91 Å². The summed E-state index contributed by atoms with van der Waals surface area (Å²) in [5, 5.41) is 9.11. The number of hydrogen-bond donors (Lipinski definition) is 1. The Morgan fingerprint density at radius 1 is 1.33 bits per heavy atom. The number of hydrogen-bond acceptors (Lipinski definition) is 6. The molecule has 30 heavy (non-hydrogen) atoms. The van der Waals surface area contributed by atoms with Gasteiger partial charge in [0.1, 0.15) is 5.75 Å². The Morgan fingerprint density at radius 3 is 2.57 bits per heavy atom. The van der Waals surface area contributed by atoms with Crippen LogP contribution < -0.4 is 10.5 Å². The number of primary amides is 1. The zero-order valence-corrected chi connectivity index (χ0v) is 18.2. The van der Waals surface area contributed by atoms with Crippen LogP contribution in [0.5, 0.6) is 5.75 Å². The van der Waals surface area contributed by atoms with E-state index < -0.39 is 5.91 Å². The van der Waals surface area contributed by atoms with Gasteiger partial charge in [-0.1, -0.05) is 6.58 Å². The van der Waals surface area contributed by atoms with E-state index in [-0.39, 0.29) is 6.42 Å². The monoisotopic (exact) mass is 408 g/mol. The normalized spacial score (nSPS) is 12.1. The first-order chi connectivity index (χ1) is 14.2. The fourth-order valence-electron chi connectivity index (χ4n) is 2.49. The van der Waals surface area contributed by atoms with Crippen LogP contribution in [-0.2, 0) is 9.53 Å². The second kappa shape index (κ2) is 12.0. The van der Waals surface area contributed by atoms with Gasteiger partial charge >= 0.3 is 0 Å². The van der Waals surface area contributed by atoms with Crippen molar-refractivity contribution in [2.24, 2.45) is 15.7 Å². The highest BCUT2D eigenvalue weighted by atomic mass is 16.5. The number of nitrogens with zero attached hydrogens (tertiary/aromatic N) is 3. The van der Waals surface area contributed by atoms with Gasteiger partial charge in [-0.2, -0.15) is 5.26 Å². The lowest BCUT2D eigenvalue weighted by molar-refractivity contribution is -0.113. The molecule has 158 valence electrons. The summed E-state index contributed by atoms with van der Waals surface area (Å²) in [5.74, 6) is 0.228. The summed E-state index contributed by atoms with van der Waals surface area (Å²) in [6, 6.07) is 7.01. The number of amides is 1. The SMILES string of the molecule is C=C(N=C(C)C)/C(C)=C\N=C(C/C(=C/C(N)=O)c1ccc(C#N)cc1OC)OCC. The van der Waals surface area contributed by atoms with Crippen molar-refractivity contribution in [3.05, 3.63) is 59.5 Å². The molecule has 0 spiro atoms. The third-order valence-electron chi connectivity index (χ3n) is 3.86. The number of nitriles is 1. The summed E-state index contributed by atoms with van der Waals surface area (Å²) in [4.78, 5) is 20.4. The van der Waals surface area contributed by atoms with Crippen molar-refractivity contribution >= 4 is 23.1 Å². The first-order valence-electron chi connectivity index (χ1n) is 9.37. The predicted octanol–water partition coefficient (Wildman–Crippen LogP) is 4.16. The predicted molar refractivity (Wildman–Crippen MR) is 120 cm³/mol. The van der Waals surface area contributed by atoms with Crippen LogP contribution >= 0.6 is 0 Å². The quantitative estimate of drug-likeness (QED) is 0.286. The van der Waals surface area contributed by atoms with E-state index in [2.05, 4.69) is 22.6 Å². The Hall–Kier alpha value is -3.66. The molecule has 0 bridgehead atoms. The second-order valence-electron chi connectivity index (χ2n) is 6.55. The number of rotatable bonds is 9. The largest absolute Gasteiger partial charge is 0.496 e. The Kier molecular flexibility index (Phi) is 9.77. The molecule has 1 aromatic rings. The standard InChI is InChI=1S/C23H28N4O3/c1-7-30-23(26-14-16(4)17(5)27-15(2)3)12-19(11-22(25)28)20-9-8-18(13-24)10-21(20)29-6/h8-11,14H,5,7,12H2,1-4,6H3,(H2,25,28)/b16-14-,19-11-,26-23?. The van der Waals surface area contributed by atoms with Crippen LogP contribution in [-0.4, -0.2) is 31.2 Å². The zero-order valence-electron chi connectivity index (χ0n) is 18.2. The van der Waals surface area contributed by atoms with E-state index >= 15 is 0 Å². The molecule has 0 heterocycles. The zero-order chi connectivity index (χ0) is 22.7. The minimum absolute atomic E-state index is 0.200. The first-order valence-corrected chi connectivity index (χ1v) is 9.37. The number of ether oxygens (including phenoxy) is 2. The molecule has 0 aromatic heterocycles. The van der Waals surface area contributed by atoms with Crippen LogP contribution in [0.1, 0.15) is 45.2 Å². The van der Waals surface area contributed by atoms with E-state index in [0.29, 0.717) is 40.7 Å². The topological polar surface area (TPSA) is 110 Å². The van der Waals surface area contributed by atoms with Crippen molar-refractivity contribution in [3.8, 4) is 11.8 Å². The van der Waals surface area contributed by atoms with Crippen molar-refractivity contribution in [3.63, 3.8) is 0 Å². The number of nitrogens with two attached hydrogens (primary N) is 1. The van der Waals surface area contributed by atoms with E-state index in [9.17, 15) is 4.79 Å². The summed E-state index contributed by atoms with van der Waals surface area (Å²) < 4.78 is 11.1. The minimum atomic E-state index is -0.611. The molecular weight excluding hydrogens is 380 g/mol. The van der Waals surface area contributed by atoms with Crippen LogP contribution in [0.2, 0.25) is 0 Å². The third-order valence-corrected chi connectivity index (χ3v) is 3.86. The molecule has 0 fully saturated rings. The van der Waals surface area contributed by atoms with Gasteiger partial charge in [0, 0.05) is 30.0 Å². The fraction of sp³-hybridized carbons (Fsp3) is 0.304. The van der Waals surface area contributed by atoms with Gasteiger partial charge in [0.15, 0.2) is 5.90 Å². The van der Waals surface area contributed by atoms with Gasteiger partial charge in [-0.25, -0.2) is 4.99 Å². The van der Waals surface area contributed by atoms with Crippen molar-refractivity contribution < 1.29 is 14.3 Å². The number of methoxy groups -OCH3 is 1. The lowest BCUT2D eigenvalue weighted by Gasteiger charge is -2.14. The molecule has 7 heteroatoms. The maximum atomic E-state index is 11.6. The summed E-state index contributed by atoms with van der Waals surface area (Å²) in [5.41, 5.74) is 9.31. The summed E-state index contributed by atoms with van der Waals surface area (Å²) in [6.45, 7) is 11.8. The molecule has 7 nitrogen and oxygen atoms in total. The number of aliphatic imine (C=N–C) groups is 2. The highest BCUT2D eigenvalue weighted by Gasteiger charge is 2.14. The van der Waals surface area contributed by atoms with E-state index in [1.54, 1.807) is 24.4 Å². The molecule has 0 saturated heterocycles. The first kappa shape index (κ1) is 24.4. The Labute approximate surface area is 177 Å². The summed E-state index contributed by atoms with van der Waals surface area (Å²) in [7, 11) is 1.49. The molecule has 1 aromatic carbocycles. The van der Waals surface area contributed by atoms with Gasteiger partial charge in [-0.05, 0) is 57.0 Å². The number of benzene rings is 1. The number of allylic oxidation sites excluding steroid dienone is 1. The molecule has 0 unspecified atom stereocenters. The molecule has 0 atom stereocenters. The molecule has 0 radical (unpaired) electrons. The van der Waals surface area contributed by atoms with Crippen molar-refractivity contribution in [2.45, 2.75) is 34.1 Å². The molecule has 0 aliphatic carbocycles. The average Bonchev–Trinajstić information content (AvgIpc) is 2.69. The van der Waals surface area contributed by atoms with Crippen LogP contribution in [0.4, 0.5) is 0 Å². The van der Waals surface area contributed by atoms with Crippen molar-refractivity contribution in [1.29, 1.82) is 5.26 Å². The Balaban J connectivity index is 3.36. The average molecular weight is 409 g/mol. The van der Waals surface area contributed by atoms with Gasteiger partial charge in [0.25, 0.3) is 0 Å². The maximum absolute atomic E-state index is 11.6. The number of carbonyl (C=O) groups excluding carboxylic acids is 1.